The fourth-order valence-electron chi connectivity index (χ4n) is 2.71. The molecule has 0 aliphatic carbocycles. The molecule has 1 heterocycles. The van der Waals surface area contributed by atoms with Gasteiger partial charge in [-0.25, -0.2) is 0 Å². The standard InChI is InChI=1S/C19H15IN2O6S/c1-27-15-8-12(7-14(20)17(15)28-2)9-16-18(23)21(19(24)29-16)10-11-3-5-13(6-4-11)22(25)26/h3-9H,10H2,1-2H3/b16-9-. The highest BCUT2D eigenvalue weighted by Gasteiger charge is 2.35. The molecule has 2 aromatic carbocycles. The van der Waals surface area contributed by atoms with Crippen LogP contribution in [0.2, 0.25) is 0 Å². The molecule has 0 aromatic heterocycles. The molecule has 0 N–H and O–H groups in total. The number of benzene rings is 2. The van der Waals surface area contributed by atoms with Gasteiger partial charge in [0.1, 0.15) is 0 Å². The van der Waals surface area contributed by atoms with E-state index in [0.29, 0.717) is 27.5 Å². The minimum atomic E-state index is -0.503. The van der Waals surface area contributed by atoms with E-state index in [4.69, 9.17) is 9.47 Å². The fraction of sp³-hybridized carbons (Fsp3) is 0.158. The topological polar surface area (TPSA) is 99.0 Å². The third-order valence-electron chi connectivity index (χ3n) is 4.12. The molecule has 150 valence electrons. The maximum absolute atomic E-state index is 12.7. The van der Waals surface area contributed by atoms with Crippen LogP contribution in [0.5, 0.6) is 11.5 Å². The van der Waals surface area contributed by atoms with Crippen molar-refractivity contribution in [1.29, 1.82) is 0 Å². The van der Waals surface area contributed by atoms with E-state index in [0.717, 1.165) is 20.2 Å². The number of methoxy groups -OCH3 is 2. The van der Waals surface area contributed by atoms with Crippen LogP contribution in [0, 0.1) is 13.7 Å². The predicted octanol–water partition coefficient (Wildman–Crippen LogP) is 4.45. The summed E-state index contributed by atoms with van der Waals surface area (Å²) in [6.45, 7) is 0.0451. The Morgan fingerprint density at radius 2 is 1.86 bits per heavy atom. The third kappa shape index (κ3) is 4.53. The van der Waals surface area contributed by atoms with E-state index in [-0.39, 0.29) is 12.2 Å². The number of amides is 2. The Balaban J connectivity index is 1.83. The van der Waals surface area contributed by atoms with E-state index in [1.54, 1.807) is 19.3 Å². The van der Waals surface area contributed by atoms with Crippen molar-refractivity contribution >= 4 is 57.3 Å². The van der Waals surface area contributed by atoms with Crippen LogP contribution >= 0.6 is 34.4 Å². The van der Waals surface area contributed by atoms with Gasteiger partial charge in [-0.05, 0) is 63.7 Å². The number of nitrogens with zero attached hydrogens (tertiary/aromatic N) is 2. The number of carbonyl (C=O) groups excluding carboxylic acids is 2. The molecule has 2 amide bonds. The number of imide groups is 1. The maximum Gasteiger partial charge on any atom is 0.293 e. The van der Waals surface area contributed by atoms with Crippen molar-refractivity contribution in [2.75, 3.05) is 14.2 Å². The summed E-state index contributed by atoms with van der Waals surface area (Å²) in [5.41, 5.74) is 1.28. The van der Waals surface area contributed by atoms with E-state index in [1.807, 2.05) is 6.07 Å². The lowest BCUT2D eigenvalue weighted by molar-refractivity contribution is -0.384. The number of hydrogen-bond acceptors (Lipinski definition) is 7. The Morgan fingerprint density at radius 3 is 2.45 bits per heavy atom. The minimum Gasteiger partial charge on any atom is -0.493 e. The van der Waals surface area contributed by atoms with Gasteiger partial charge in [0.2, 0.25) is 0 Å². The second kappa shape index (κ2) is 8.82. The van der Waals surface area contributed by atoms with Crippen LogP contribution in [-0.2, 0) is 11.3 Å². The first-order chi connectivity index (χ1) is 13.8. The zero-order chi connectivity index (χ0) is 21.1. The van der Waals surface area contributed by atoms with Crippen molar-refractivity contribution < 1.29 is 24.0 Å². The number of nitro groups is 1. The van der Waals surface area contributed by atoms with Crippen molar-refractivity contribution in [3.05, 3.63) is 66.1 Å². The smallest absolute Gasteiger partial charge is 0.293 e. The van der Waals surface area contributed by atoms with Gasteiger partial charge in [-0.1, -0.05) is 12.1 Å². The van der Waals surface area contributed by atoms with Gasteiger partial charge >= 0.3 is 0 Å². The summed E-state index contributed by atoms with van der Waals surface area (Å²) < 4.78 is 11.4. The molecule has 2 aromatic rings. The van der Waals surface area contributed by atoms with E-state index in [9.17, 15) is 19.7 Å². The number of rotatable bonds is 6. The molecule has 0 radical (unpaired) electrons. The zero-order valence-electron chi connectivity index (χ0n) is 15.4. The van der Waals surface area contributed by atoms with Gasteiger partial charge in [0, 0.05) is 12.1 Å². The van der Waals surface area contributed by atoms with Crippen molar-refractivity contribution in [3.8, 4) is 11.5 Å². The highest BCUT2D eigenvalue weighted by molar-refractivity contribution is 14.1. The molecule has 1 saturated heterocycles. The van der Waals surface area contributed by atoms with Crippen LogP contribution in [0.1, 0.15) is 11.1 Å². The second-order valence-electron chi connectivity index (χ2n) is 5.93. The Bertz CT molecular complexity index is 1020. The van der Waals surface area contributed by atoms with E-state index in [2.05, 4.69) is 22.6 Å². The number of ether oxygens (including phenoxy) is 2. The second-order valence-corrected chi connectivity index (χ2v) is 8.09. The van der Waals surface area contributed by atoms with Gasteiger partial charge < -0.3 is 9.47 Å². The molecular formula is C19H15IN2O6S. The van der Waals surface area contributed by atoms with Crippen molar-refractivity contribution in [2.24, 2.45) is 0 Å². The first-order valence-electron chi connectivity index (χ1n) is 8.24. The van der Waals surface area contributed by atoms with E-state index >= 15 is 0 Å². The quantitative estimate of drug-likeness (QED) is 0.237. The van der Waals surface area contributed by atoms with Crippen LogP contribution in [0.4, 0.5) is 10.5 Å². The number of thioether (sulfide) groups is 1. The molecule has 29 heavy (non-hydrogen) atoms. The highest BCUT2D eigenvalue weighted by Crippen LogP contribution is 2.37. The van der Waals surface area contributed by atoms with Crippen LogP contribution in [0.25, 0.3) is 6.08 Å². The fourth-order valence-corrected chi connectivity index (χ4v) is 4.40. The lowest BCUT2D eigenvalue weighted by atomic mass is 10.1. The van der Waals surface area contributed by atoms with Crippen molar-refractivity contribution in [2.45, 2.75) is 6.54 Å². The molecule has 0 bridgehead atoms. The molecule has 3 rings (SSSR count). The first kappa shape index (κ1) is 21.1. The number of non-ortho nitro benzene ring substituents is 1. The van der Waals surface area contributed by atoms with E-state index < -0.39 is 16.1 Å². The van der Waals surface area contributed by atoms with Crippen LogP contribution in [0.3, 0.4) is 0 Å². The number of hydrogen-bond donors (Lipinski definition) is 0. The van der Waals surface area contributed by atoms with Crippen LogP contribution in [0.15, 0.2) is 41.3 Å². The molecule has 0 saturated carbocycles. The molecule has 0 spiro atoms. The first-order valence-corrected chi connectivity index (χ1v) is 10.1. The molecule has 0 unspecified atom stereocenters. The van der Waals surface area contributed by atoms with Gasteiger partial charge in [-0.2, -0.15) is 0 Å². The van der Waals surface area contributed by atoms with Gasteiger partial charge in [0.15, 0.2) is 11.5 Å². The van der Waals surface area contributed by atoms with Crippen molar-refractivity contribution in [1.82, 2.24) is 4.90 Å². The molecule has 8 nitrogen and oxygen atoms in total. The van der Waals surface area contributed by atoms with Gasteiger partial charge in [0.25, 0.3) is 16.8 Å². The zero-order valence-corrected chi connectivity index (χ0v) is 18.4. The Hall–Kier alpha value is -2.60. The van der Waals surface area contributed by atoms with Crippen LogP contribution < -0.4 is 9.47 Å². The Labute approximate surface area is 184 Å². The normalized spacial score (nSPS) is 15.1. The molecule has 1 aliphatic heterocycles. The molecule has 1 aliphatic rings. The SMILES string of the molecule is COc1cc(/C=C2\SC(=O)N(Cc3ccc([N+](=O)[O-])cc3)C2=O)cc(I)c1OC. The summed E-state index contributed by atoms with van der Waals surface area (Å²) >= 11 is 2.95. The number of carbonyl (C=O) groups is 2. The number of halogens is 1. The average Bonchev–Trinajstić information content (AvgIpc) is 2.95. The maximum atomic E-state index is 12.7. The van der Waals surface area contributed by atoms with Crippen LogP contribution in [-0.4, -0.2) is 35.2 Å². The average molecular weight is 526 g/mol. The summed E-state index contributed by atoms with van der Waals surface area (Å²) in [4.78, 5) is 36.7. The Morgan fingerprint density at radius 1 is 1.17 bits per heavy atom. The molecule has 10 heteroatoms. The van der Waals surface area contributed by atoms with Crippen molar-refractivity contribution in [3.63, 3.8) is 0 Å². The molecular weight excluding hydrogens is 511 g/mol. The summed E-state index contributed by atoms with van der Waals surface area (Å²) in [5, 5.41) is 10.4. The number of nitro benzene ring substituents is 1. The lowest BCUT2D eigenvalue weighted by Crippen LogP contribution is -2.27. The van der Waals surface area contributed by atoms with Gasteiger partial charge in [-0.3, -0.25) is 24.6 Å². The summed E-state index contributed by atoms with van der Waals surface area (Å²) in [5.74, 6) is 0.704. The van der Waals surface area contributed by atoms with Gasteiger partial charge in [0.05, 0.1) is 34.2 Å². The summed E-state index contributed by atoms with van der Waals surface area (Å²) in [6, 6.07) is 9.30. The summed E-state index contributed by atoms with van der Waals surface area (Å²) in [7, 11) is 3.07. The monoisotopic (exact) mass is 526 g/mol. The lowest BCUT2D eigenvalue weighted by Gasteiger charge is -2.12. The Kier molecular flexibility index (Phi) is 6.42. The molecule has 0 atom stereocenters. The largest absolute Gasteiger partial charge is 0.493 e. The minimum absolute atomic E-state index is 0.0451. The highest BCUT2D eigenvalue weighted by atomic mass is 127. The van der Waals surface area contributed by atoms with E-state index in [1.165, 1.54) is 31.4 Å². The molecule has 1 fully saturated rings. The third-order valence-corrected chi connectivity index (χ3v) is 5.82. The van der Waals surface area contributed by atoms with Gasteiger partial charge in [-0.15, -0.1) is 0 Å². The predicted molar refractivity (Wildman–Crippen MR) is 117 cm³/mol. The summed E-state index contributed by atoms with van der Waals surface area (Å²) in [6.07, 6.45) is 1.63.